The first-order valence-corrected chi connectivity index (χ1v) is 9.17. The molecule has 0 radical (unpaired) electrons. The number of hydrogen-bond acceptors (Lipinski definition) is 3. The van der Waals surface area contributed by atoms with Gasteiger partial charge in [-0.2, -0.15) is 5.10 Å². The number of carbonyl (C=O) groups is 1. The monoisotopic (exact) mass is 370 g/mol. The van der Waals surface area contributed by atoms with E-state index in [1.807, 2.05) is 36.4 Å². The van der Waals surface area contributed by atoms with E-state index in [2.05, 4.69) is 43.4 Å². The molecule has 3 aromatic rings. The van der Waals surface area contributed by atoms with E-state index >= 15 is 0 Å². The van der Waals surface area contributed by atoms with E-state index in [4.69, 9.17) is 11.6 Å². The normalized spacial score (nSPS) is 12.0. The Morgan fingerprint density at radius 3 is 2.44 bits per heavy atom. The first kappa shape index (κ1) is 17.6. The summed E-state index contributed by atoms with van der Waals surface area (Å²) in [5, 5.41) is 5.41. The Labute approximate surface area is 156 Å². The average Bonchev–Trinajstić information content (AvgIpc) is 2.92. The third-order valence-electron chi connectivity index (χ3n) is 3.90. The minimum Gasteiger partial charge on any atom is -0.266 e. The van der Waals surface area contributed by atoms with Gasteiger partial charge in [-0.15, -0.1) is 11.3 Å². The van der Waals surface area contributed by atoms with Gasteiger partial charge in [-0.1, -0.05) is 74.8 Å². The fraction of sp³-hybridized carbons (Fsp3) is 0.200. The molecule has 5 heteroatoms. The molecule has 3 rings (SSSR count). The van der Waals surface area contributed by atoms with Crippen LogP contribution in [0.5, 0.6) is 0 Å². The van der Waals surface area contributed by atoms with E-state index in [0.29, 0.717) is 9.90 Å². The summed E-state index contributed by atoms with van der Waals surface area (Å²) >= 11 is 7.67. The summed E-state index contributed by atoms with van der Waals surface area (Å²) in [5.74, 6) is -0.297. The highest BCUT2D eigenvalue weighted by Crippen LogP contribution is 2.34. The predicted octanol–water partition coefficient (Wildman–Crippen LogP) is 5.62. The number of nitrogens with zero attached hydrogens (tertiary/aromatic N) is 1. The molecule has 3 nitrogen and oxygen atoms in total. The van der Waals surface area contributed by atoms with Crippen molar-refractivity contribution in [1.82, 2.24) is 5.43 Å². The highest BCUT2D eigenvalue weighted by Gasteiger charge is 2.16. The molecular weight excluding hydrogens is 352 g/mol. The molecule has 1 amide bonds. The second kappa shape index (κ2) is 6.98. The predicted molar refractivity (Wildman–Crippen MR) is 107 cm³/mol. The van der Waals surface area contributed by atoms with Gasteiger partial charge in [0.1, 0.15) is 4.88 Å². The van der Waals surface area contributed by atoms with Crippen LogP contribution in [0.2, 0.25) is 5.02 Å². The highest BCUT2D eigenvalue weighted by molar-refractivity contribution is 7.21. The van der Waals surface area contributed by atoms with Gasteiger partial charge in [0.2, 0.25) is 0 Å². The van der Waals surface area contributed by atoms with Crippen LogP contribution in [0.3, 0.4) is 0 Å². The van der Waals surface area contributed by atoms with Crippen LogP contribution in [0.15, 0.2) is 53.6 Å². The number of benzene rings is 2. The quantitative estimate of drug-likeness (QED) is 0.472. The zero-order valence-corrected chi connectivity index (χ0v) is 15.9. The number of hydrogen-bond donors (Lipinski definition) is 1. The zero-order valence-electron chi connectivity index (χ0n) is 14.3. The number of amides is 1. The number of rotatable bonds is 3. The zero-order chi connectivity index (χ0) is 18.0. The molecule has 1 aromatic heterocycles. The molecule has 0 spiro atoms. The molecule has 0 atom stereocenters. The van der Waals surface area contributed by atoms with Crippen LogP contribution in [0.1, 0.15) is 41.6 Å². The molecule has 2 aromatic carbocycles. The SMILES string of the molecule is CC(C)(C)c1ccc(C=NNC(=O)c2sc3ccccc3c2Cl)cc1. The number of fused-ring (bicyclic) bond motifs is 1. The van der Waals surface area contributed by atoms with Crippen LogP contribution in [-0.2, 0) is 5.41 Å². The fourth-order valence-corrected chi connectivity index (χ4v) is 3.85. The van der Waals surface area contributed by atoms with Crippen molar-refractivity contribution in [3.8, 4) is 0 Å². The van der Waals surface area contributed by atoms with Crippen molar-refractivity contribution in [2.24, 2.45) is 5.10 Å². The summed E-state index contributed by atoms with van der Waals surface area (Å²) < 4.78 is 0.986. The van der Waals surface area contributed by atoms with Gasteiger partial charge in [0.05, 0.1) is 11.2 Å². The van der Waals surface area contributed by atoms with Crippen molar-refractivity contribution < 1.29 is 4.79 Å². The van der Waals surface area contributed by atoms with Gasteiger partial charge in [0, 0.05) is 10.1 Å². The second-order valence-corrected chi connectivity index (χ2v) is 8.24. The number of thiophene rings is 1. The summed E-state index contributed by atoms with van der Waals surface area (Å²) in [5.41, 5.74) is 4.85. The lowest BCUT2D eigenvalue weighted by atomic mass is 9.87. The van der Waals surface area contributed by atoms with Gasteiger partial charge >= 0.3 is 0 Å². The number of halogens is 1. The lowest BCUT2D eigenvalue weighted by molar-refractivity contribution is 0.0959. The largest absolute Gasteiger partial charge is 0.283 e. The molecule has 0 aliphatic heterocycles. The van der Waals surface area contributed by atoms with E-state index in [0.717, 1.165) is 15.6 Å². The highest BCUT2D eigenvalue weighted by atomic mass is 35.5. The molecule has 0 fully saturated rings. The molecule has 0 aliphatic rings. The third kappa shape index (κ3) is 3.91. The van der Waals surface area contributed by atoms with Crippen LogP contribution in [-0.4, -0.2) is 12.1 Å². The Hall–Kier alpha value is -2.17. The number of hydrazone groups is 1. The topological polar surface area (TPSA) is 41.5 Å². The van der Waals surface area contributed by atoms with E-state index < -0.39 is 0 Å². The molecule has 0 saturated heterocycles. The van der Waals surface area contributed by atoms with Crippen molar-refractivity contribution in [3.05, 3.63) is 69.6 Å². The van der Waals surface area contributed by atoms with Crippen molar-refractivity contribution in [1.29, 1.82) is 0 Å². The summed E-state index contributed by atoms with van der Waals surface area (Å²) in [6.07, 6.45) is 1.63. The summed E-state index contributed by atoms with van der Waals surface area (Å²) in [6, 6.07) is 15.8. The number of nitrogens with one attached hydrogen (secondary N) is 1. The molecule has 0 saturated carbocycles. The standard InChI is InChI=1S/C20H19ClN2OS/c1-20(2,3)14-10-8-13(9-11-14)12-22-23-19(24)18-17(21)15-6-4-5-7-16(15)25-18/h4-12H,1-3H3,(H,23,24). The van der Waals surface area contributed by atoms with Crippen LogP contribution in [0.25, 0.3) is 10.1 Å². The smallest absolute Gasteiger partial charge is 0.266 e. The Balaban J connectivity index is 1.71. The Kier molecular flexibility index (Phi) is 4.93. The summed E-state index contributed by atoms with van der Waals surface area (Å²) in [4.78, 5) is 12.8. The van der Waals surface area contributed by atoms with Crippen molar-refractivity contribution >= 4 is 45.1 Å². The minimum atomic E-state index is -0.297. The molecule has 0 aliphatic carbocycles. The van der Waals surface area contributed by atoms with E-state index in [1.54, 1.807) is 6.21 Å². The second-order valence-electron chi connectivity index (χ2n) is 6.81. The first-order chi connectivity index (χ1) is 11.9. The van der Waals surface area contributed by atoms with E-state index in [-0.39, 0.29) is 11.3 Å². The Morgan fingerprint density at radius 2 is 1.80 bits per heavy atom. The van der Waals surface area contributed by atoms with Crippen LogP contribution < -0.4 is 5.43 Å². The van der Waals surface area contributed by atoms with Gasteiger partial charge in [-0.25, -0.2) is 5.43 Å². The lowest BCUT2D eigenvalue weighted by Gasteiger charge is -2.18. The van der Waals surface area contributed by atoms with Gasteiger partial charge in [-0.3, -0.25) is 4.79 Å². The summed E-state index contributed by atoms with van der Waals surface area (Å²) in [6.45, 7) is 6.52. The molecule has 0 bridgehead atoms. The average molecular weight is 371 g/mol. The van der Waals surface area contributed by atoms with Crippen LogP contribution >= 0.6 is 22.9 Å². The molecular formula is C20H19ClN2OS. The van der Waals surface area contributed by atoms with E-state index in [1.165, 1.54) is 16.9 Å². The molecule has 1 heterocycles. The van der Waals surface area contributed by atoms with Crippen molar-refractivity contribution in [2.75, 3.05) is 0 Å². The van der Waals surface area contributed by atoms with Gasteiger partial charge in [0.15, 0.2) is 0 Å². The summed E-state index contributed by atoms with van der Waals surface area (Å²) in [7, 11) is 0. The van der Waals surface area contributed by atoms with Crippen molar-refractivity contribution in [3.63, 3.8) is 0 Å². The fourth-order valence-electron chi connectivity index (χ4n) is 2.45. The van der Waals surface area contributed by atoms with Crippen LogP contribution in [0, 0.1) is 0 Å². The minimum absolute atomic E-state index is 0.113. The first-order valence-electron chi connectivity index (χ1n) is 7.97. The maximum absolute atomic E-state index is 12.3. The van der Waals surface area contributed by atoms with E-state index in [9.17, 15) is 4.79 Å². The maximum atomic E-state index is 12.3. The molecule has 128 valence electrons. The maximum Gasteiger partial charge on any atom is 0.283 e. The van der Waals surface area contributed by atoms with Crippen molar-refractivity contribution in [2.45, 2.75) is 26.2 Å². The van der Waals surface area contributed by atoms with Gasteiger partial charge in [0.25, 0.3) is 5.91 Å². The number of carbonyl (C=O) groups excluding carboxylic acids is 1. The Morgan fingerprint density at radius 1 is 1.12 bits per heavy atom. The lowest BCUT2D eigenvalue weighted by Crippen LogP contribution is -2.16. The third-order valence-corrected chi connectivity index (χ3v) is 5.57. The molecule has 1 N–H and O–H groups in total. The Bertz CT molecular complexity index is 936. The molecule has 0 unspecified atom stereocenters. The van der Waals surface area contributed by atoms with Gasteiger partial charge in [-0.05, 0) is 22.6 Å². The van der Waals surface area contributed by atoms with Crippen LogP contribution in [0.4, 0.5) is 0 Å². The van der Waals surface area contributed by atoms with Gasteiger partial charge < -0.3 is 0 Å². The molecule has 25 heavy (non-hydrogen) atoms.